The Morgan fingerprint density at radius 2 is 0.619 bits per heavy atom. The third kappa shape index (κ3) is 21.7. The smallest absolute Gasteiger partial charge is 0.428 e. The van der Waals surface area contributed by atoms with E-state index in [4.69, 9.17) is 14.2 Å². The van der Waals surface area contributed by atoms with Crippen LogP contribution in [0, 0.1) is 41.4 Å². The second kappa shape index (κ2) is 44.3. The molecule has 27 rings (SSSR count). The molecule has 12 aliphatic rings. The molecule has 8 bridgehead atoms. The van der Waals surface area contributed by atoms with Gasteiger partial charge in [-0.2, -0.15) is 17.6 Å². The average molecular weight is 2070 g/mol. The van der Waals surface area contributed by atoms with E-state index in [0.29, 0.717) is 19.3 Å². The van der Waals surface area contributed by atoms with Gasteiger partial charge >= 0.3 is 34.4 Å². The first-order valence-corrected chi connectivity index (χ1v) is 55.6. The first-order valence-electron chi connectivity index (χ1n) is 49.1. The molecule has 15 aromatic rings. The van der Waals surface area contributed by atoms with E-state index in [2.05, 4.69) is 278 Å². The highest BCUT2D eigenvalue weighted by Crippen LogP contribution is 2.63. The number of carbonyl (C=O) groups is 4. The van der Waals surface area contributed by atoms with Crippen LogP contribution in [0.15, 0.2) is 463 Å². The molecule has 9 atom stereocenters. The topological polar surface area (TPSA) is 220 Å². The monoisotopic (exact) mass is 2070 g/mol. The molecule has 1 heterocycles. The quantitative estimate of drug-likeness (QED) is 0.0145. The van der Waals surface area contributed by atoms with Crippen LogP contribution in [0.1, 0.15) is 154 Å². The lowest BCUT2D eigenvalue weighted by molar-refractivity contribution is -0.173. The molecular weight excluding hydrogens is 1960 g/mol. The zero-order valence-corrected chi connectivity index (χ0v) is 84.0. The van der Waals surface area contributed by atoms with Crippen LogP contribution in [0.3, 0.4) is 0 Å². The predicted octanol–water partition coefficient (Wildman–Crippen LogP) is 26.1. The van der Waals surface area contributed by atoms with Crippen molar-refractivity contribution in [1.29, 1.82) is 0 Å². The van der Waals surface area contributed by atoms with Gasteiger partial charge in [-0.3, -0.25) is 14.4 Å². The third-order valence-corrected chi connectivity index (χ3v) is 37.5. The summed E-state index contributed by atoms with van der Waals surface area (Å²) in [5, 5.41) is -9.32. The number of esters is 4. The van der Waals surface area contributed by atoms with Crippen molar-refractivity contribution in [2.75, 3.05) is 13.2 Å². The summed E-state index contributed by atoms with van der Waals surface area (Å²) in [5.41, 5.74) is 12.5. The molecule has 0 spiro atoms. The van der Waals surface area contributed by atoms with Gasteiger partial charge < -0.3 is 28.1 Å². The maximum atomic E-state index is 14.1. The predicted molar refractivity (Wildman–Crippen MR) is 553 cm³/mol. The van der Waals surface area contributed by atoms with Crippen molar-refractivity contribution in [2.45, 2.75) is 160 Å². The number of fused-ring (bicyclic) bond motifs is 4. The van der Waals surface area contributed by atoms with E-state index in [9.17, 15) is 71.5 Å². The molecule has 9 unspecified atom stereocenters. The van der Waals surface area contributed by atoms with Crippen LogP contribution in [-0.2, 0) is 91.0 Å². The summed E-state index contributed by atoms with van der Waals surface area (Å²) in [6, 6.07) is 143. The normalized spacial score (nSPS) is 21.8. The van der Waals surface area contributed by atoms with Crippen molar-refractivity contribution in [3.63, 3.8) is 0 Å². The van der Waals surface area contributed by atoms with E-state index < -0.39 is 103 Å². The largest absolute Gasteiger partial charge is 0.743 e. The molecule has 25 heteroatoms. The highest BCUT2D eigenvalue weighted by Gasteiger charge is 2.65. The molecule has 1 aliphatic heterocycles. The number of hydrogen-bond donors (Lipinski definition) is 0. The van der Waals surface area contributed by atoms with E-state index in [1.165, 1.54) is 44.1 Å². The van der Waals surface area contributed by atoms with Gasteiger partial charge in [0.05, 0.1) is 63.7 Å². The maximum Gasteiger partial charge on any atom is 0.428 e. The third-order valence-electron chi connectivity index (χ3n) is 29.2. The Balaban J connectivity index is 0.000000114. The van der Waals surface area contributed by atoms with Gasteiger partial charge in [0.15, 0.2) is 64.3 Å². The second-order valence-corrected chi connectivity index (χ2v) is 47.1. The number of benzene rings is 15. The molecule has 0 amide bonds. The molecule has 11 aliphatic carbocycles. The average Bonchev–Trinajstić information content (AvgIpc) is 1.40. The maximum absolute atomic E-state index is 14.1. The summed E-state index contributed by atoms with van der Waals surface area (Å²) in [5.74, 6) is -10.2. The lowest BCUT2D eigenvalue weighted by atomic mass is 9.54. The molecule has 748 valence electrons. The molecule has 0 N–H and O–H groups in total. The zero-order chi connectivity index (χ0) is 102. The first kappa shape index (κ1) is 102. The van der Waals surface area contributed by atoms with E-state index in [-0.39, 0.29) is 112 Å². The summed E-state index contributed by atoms with van der Waals surface area (Å²) in [4.78, 5) is 63.8. The fraction of sp³-hybridized carbons (Fsp3) is 0.230. The molecule has 15 aromatic carbocycles. The van der Waals surface area contributed by atoms with E-state index in [0.717, 1.165) is 80.1 Å². The Labute approximate surface area is 861 Å². The zero-order valence-electron chi connectivity index (χ0n) is 79.9. The van der Waals surface area contributed by atoms with Crippen LogP contribution >= 0.6 is 0 Å². The summed E-state index contributed by atoms with van der Waals surface area (Å²) < 4.78 is 168. The van der Waals surface area contributed by atoms with Crippen LogP contribution in [0.5, 0.6) is 0 Å². The Bertz CT molecular complexity index is 6680. The SMILES string of the molecule is CC(F)(F)CCCOC(=O)C1C2c3ccccc3C(c3ccccc32)C1C(=O)OC1C2CC3C(=O)OC1C3C2.O=C(OCC1CC2c3ccccc3C1c1ccccc12)C(F)(F)S(=O)(=O)[O-].O=S(=O)([O-])C(F)(F)CC1CC2c3ccccc3C1c1ccccc12.c1ccc([S+](c2ccccc2)c2ccccc2)cc1.c1ccc([S+](c2ccccc2)c2ccccc2)cc1.c1ccc([S+](c2ccccc2)c2ccccc2)cc1. The minimum absolute atomic E-state index is 0.0146. The fourth-order valence-electron chi connectivity index (χ4n) is 23.1. The number of carbonyl (C=O) groups excluding carboxylic acids is 4. The van der Waals surface area contributed by atoms with Crippen molar-refractivity contribution in [3.05, 3.63) is 485 Å². The van der Waals surface area contributed by atoms with Crippen molar-refractivity contribution in [2.24, 2.45) is 41.4 Å². The molecule has 0 radical (unpaired) electrons. The highest BCUT2D eigenvalue weighted by molar-refractivity contribution is 7.97. The van der Waals surface area contributed by atoms with Gasteiger partial charge in [0, 0.05) is 66.1 Å². The van der Waals surface area contributed by atoms with Crippen LogP contribution < -0.4 is 0 Å². The Hall–Kier alpha value is -13.4. The number of alkyl halides is 6. The molecule has 14 nitrogen and oxygen atoms in total. The lowest BCUT2D eigenvalue weighted by Gasteiger charge is -2.48. The van der Waals surface area contributed by atoms with Gasteiger partial charge in [-0.25, -0.2) is 30.4 Å². The van der Waals surface area contributed by atoms with Gasteiger partial charge in [-0.15, -0.1) is 0 Å². The minimum Gasteiger partial charge on any atom is -0.743 e. The van der Waals surface area contributed by atoms with Gasteiger partial charge in [0.25, 0.3) is 0 Å². The molecule has 2 saturated carbocycles. The van der Waals surface area contributed by atoms with E-state index in [1.54, 1.807) is 0 Å². The molecule has 0 aromatic heterocycles. The summed E-state index contributed by atoms with van der Waals surface area (Å²) >= 11 is 0. The van der Waals surface area contributed by atoms with Crippen molar-refractivity contribution in [3.8, 4) is 0 Å². The van der Waals surface area contributed by atoms with Crippen LogP contribution in [0.4, 0.5) is 26.3 Å². The van der Waals surface area contributed by atoms with Crippen molar-refractivity contribution < 1.29 is 90.4 Å². The molecule has 3 fully saturated rings. The minimum atomic E-state index is -6.12. The second-order valence-electron chi connectivity index (χ2n) is 38.1. The first-order chi connectivity index (χ1) is 71.1. The van der Waals surface area contributed by atoms with E-state index >= 15 is 0 Å². The number of hydrogen-bond acceptors (Lipinski definition) is 14. The van der Waals surface area contributed by atoms with Crippen LogP contribution in [0.2, 0.25) is 0 Å². The number of halogens is 6. The van der Waals surface area contributed by atoms with Gasteiger partial charge in [-0.1, -0.05) is 309 Å². The van der Waals surface area contributed by atoms with Gasteiger partial charge in [-0.05, 0) is 221 Å². The summed E-state index contributed by atoms with van der Waals surface area (Å²) in [7, 11) is -11.8. The van der Waals surface area contributed by atoms with Gasteiger partial charge in [0.1, 0.15) is 12.2 Å². The Morgan fingerprint density at radius 1 is 0.347 bits per heavy atom. The number of ether oxygens (including phenoxy) is 4. The fourth-order valence-corrected chi connectivity index (χ4v) is 30.1. The Kier molecular flexibility index (Phi) is 30.8. The van der Waals surface area contributed by atoms with Gasteiger partial charge in [0.2, 0.25) is 5.92 Å². The highest BCUT2D eigenvalue weighted by atomic mass is 32.2. The standard InChI is InChI=1S/C31H30F2O6.C19H16F2O5S.C18H16F2O3S.3C18H15S/c1-31(32,33)11-6-12-37-29(35)24-22-16-7-2-4-9-18(16)23(19-10-5-3-8-17(19)22)25(24)30(36)38-26-15-13-20-21(14-15)28(34)39-27(20)26;20-19(21,27(23,24)25)18(22)26-10-11-9-16-12-5-1-3-7-14(12)17(11)15-8-4-2-6-13(15)16;19-18(20,24(21,22)23)10-11-9-16-12-5-1-3-7-14(12)17(11)15-8-4-2-6-13(15)16;3*1-4-10-16(11-5-1)19(17-12-6-2-7-13-17)18-14-8-3-9-15-18/h2-5,7-10,15,20-27H,6,11-14H2,1H3;1-8,11,16-17H,9-10H2,(H,23,24,25);1-8,11,16-17H,9-10H2,(H,21,22,23);3*1-15H/q;;;3*+1/p-2. The molecule has 1 saturated heterocycles. The Morgan fingerprint density at radius 3 is 0.912 bits per heavy atom. The van der Waals surface area contributed by atoms with Crippen LogP contribution in [-0.4, -0.2) is 91.7 Å². The van der Waals surface area contributed by atoms with Crippen LogP contribution in [0.25, 0.3) is 0 Å². The van der Waals surface area contributed by atoms with Crippen molar-refractivity contribution in [1.82, 2.24) is 0 Å². The van der Waals surface area contributed by atoms with Crippen molar-refractivity contribution >= 4 is 76.8 Å². The number of rotatable bonds is 23. The lowest BCUT2D eigenvalue weighted by Crippen LogP contribution is -2.49. The molecular formula is C122H105F6O14S5+. The summed E-state index contributed by atoms with van der Waals surface area (Å²) in [6.45, 7) is 0.315. The molecule has 147 heavy (non-hydrogen) atoms. The van der Waals surface area contributed by atoms with E-state index in [1.807, 2.05) is 146 Å². The summed E-state index contributed by atoms with van der Waals surface area (Å²) in [6.07, 6.45) is 0.250.